The molecule has 0 aliphatic rings. The molecule has 0 saturated heterocycles. The Morgan fingerprint density at radius 3 is 2.37 bits per heavy atom. The number of rotatable bonds is 3. The van der Waals surface area contributed by atoms with E-state index in [1.54, 1.807) is 11.3 Å². The smallest absolute Gasteiger partial charge is 0.141 e. The molecule has 0 saturated carbocycles. The van der Waals surface area contributed by atoms with Crippen molar-refractivity contribution in [3.05, 3.63) is 107 Å². The molecule has 142 valence electrons. The molecule has 0 bridgehead atoms. The van der Waals surface area contributed by atoms with Crippen LogP contribution in [0.4, 0.5) is 0 Å². The summed E-state index contributed by atoms with van der Waals surface area (Å²) in [6.45, 7) is 0. The number of fused-ring (bicyclic) bond motifs is 3. The molecular formula is C26H17N3S. The van der Waals surface area contributed by atoms with E-state index in [1.165, 1.54) is 15.5 Å². The van der Waals surface area contributed by atoms with Gasteiger partial charge in [0, 0.05) is 0 Å². The van der Waals surface area contributed by atoms with Gasteiger partial charge in [0.15, 0.2) is 0 Å². The predicted octanol–water partition coefficient (Wildman–Crippen LogP) is 6.91. The molecule has 2 aromatic heterocycles. The zero-order valence-corrected chi connectivity index (χ0v) is 16.9. The van der Waals surface area contributed by atoms with Crippen LogP contribution >= 0.6 is 11.3 Å². The average Bonchev–Trinajstić information content (AvgIpc) is 3.41. The highest BCUT2D eigenvalue weighted by molar-refractivity contribution is 7.19. The fourth-order valence-corrected chi connectivity index (χ4v) is 4.75. The van der Waals surface area contributed by atoms with E-state index in [4.69, 9.17) is 9.97 Å². The minimum Gasteiger partial charge on any atom is -0.338 e. The first kappa shape index (κ1) is 17.1. The number of H-pyrrole nitrogens is 1. The Morgan fingerprint density at radius 2 is 1.50 bits per heavy atom. The molecule has 0 aliphatic heterocycles. The summed E-state index contributed by atoms with van der Waals surface area (Å²) in [4.78, 5) is 13.3. The highest BCUT2D eigenvalue weighted by atomic mass is 32.1. The summed E-state index contributed by atoms with van der Waals surface area (Å²) in [5.41, 5.74) is 5.13. The van der Waals surface area contributed by atoms with Gasteiger partial charge in [-0.15, -0.1) is 11.3 Å². The van der Waals surface area contributed by atoms with E-state index < -0.39 is 0 Å². The molecule has 2 heterocycles. The van der Waals surface area contributed by atoms with Gasteiger partial charge in [-0.3, -0.25) is 0 Å². The molecular weight excluding hydrogens is 386 g/mol. The van der Waals surface area contributed by atoms with Crippen LogP contribution in [0, 0.1) is 0 Å². The maximum Gasteiger partial charge on any atom is 0.141 e. The summed E-state index contributed by atoms with van der Waals surface area (Å²) < 4.78 is 1.17. The number of thiazole rings is 1. The topological polar surface area (TPSA) is 41.6 Å². The zero-order chi connectivity index (χ0) is 19.9. The van der Waals surface area contributed by atoms with Crippen molar-refractivity contribution >= 4 is 55.0 Å². The van der Waals surface area contributed by atoms with Gasteiger partial charge in [0.1, 0.15) is 10.8 Å². The lowest BCUT2D eigenvalue weighted by Gasteiger charge is -2.03. The number of imidazole rings is 1. The fraction of sp³-hybridized carbons (Fsp3) is 0. The first-order chi connectivity index (χ1) is 14.8. The van der Waals surface area contributed by atoms with Crippen molar-refractivity contribution in [2.24, 2.45) is 0 Å². The monoisotopic (exact) mass is 403 g/mol. The summed E-state index contributed by atoms with van der Waals surface area (Å²) in [6.07, 6.45) is 2.18. The van der Waals surface area contributed by atoms with E-state index >= 15 is 0 Å². The molecule has 1 N–H and O–H groups in total. The van der Waals surface area contributed by atoms with E-state index in [1.807, 2.05) is 24.3 Å². The Bertz CT molecular complexity index is 1410. The van der Waals surface area contributed by atoms with Crippen molar-refractivity contribution in [1.82, 2.24) is 15.0 Å². The SMILES string of the molecule is C(=C(/c1nc2ccccc2[nH]1)c1nc2ccccc2s1)/c1ccc2ccccc2c1. The number of hydrogen-bond acceptors (Lipinski definition) is 3. The standard InChI is InChI=1S/C26H17N3S/c1-2-8-19-15-17(13-14-18(19)7-1)16-20(25-27-21-9-3-4-10-22(21)28-25)26-29-23-11-5-6-12-24(23)30-26/h1-16H,(H,27,28)/b20-16+. The third-order valence-corrected chi connectivity index (χ3v) is 6.32. The van der Waals surface area contributed by atoms with Crippen LogP contribution in [0.5, 0.6) is 0 Å². The van der Waals surface area contributed by atoms with E-state index in [0.29, 0.717) is 0 Å². The van der Waals surface area contributed by atoms with Crippen LogP contribution in [0.2, 0.25) is 0 Å². The van der Waals surface area contributed by atoms with Crippen LogP contribution in [-0.4, -0.2) is 15.0 Å². The molecule has 0 spiro atoms. The lowest BCUT2D eigenvalue weighted by atomic mass is 10.0. The number of aromatic amines is 1. The molecule has 6 aromatic rings. The summed E-state index contributed by atoms with van der Waals surface area (Å²) in [5, 5.41) is 3.42. The van der Waals surface area contributed by atoms with E-state index in [2.05, 4.69) is 77.8 Å². The van der Waals surface area contributed by atoms with Gasteiger partial charge in [0.25, 0.3) is 0 Å². The third-order valence-electron chi connectivity index (χ3n) is 5.25. The number of aromatic nitrogens is 3. The minimum absolute atomic E-state index is 0.836. The summed E-state index contributed by atoms with van der Waals surface area (Å²) in [6, 6.07) is 31.3. The van der Waals surface area contributed by atoms with Crippen molar-refractivity contribution in [2.75, 3.05) is 0 Å². The molecule has 0 amide bonds. The normalized spacial score (nSPS) is 12.2. The number of nitrogens with zero attached hydrogens (tertiary/aromatic N) is 2. The molecule has 6 rings (SSSR count). The number of benzene rings is 4. The molecule has 3 nitrogen and oxygen atoms in total. The Morgan fingerprint density at radius 1 is 0.733 bits per heavy atom. The van der Waals surface area contributed by atoms with Gasteiger partial charge in [-0.25, -0.2) is 9.97 Å². The highest BCUT2D eigenvalue weighted by Gasteiger charge is 2.15. The average molecular weight is 404 g/mol. The van der Waals surface area contributed by atoms with Crippen LogP contribution in [0.3, 0.4) is 0 Å². The molecule has 0 radical (unpaired) electrons. The molecule has 0 aliphatic carbocycles. The molecule has 4 aromatic carbocycles. The summed E-state index contributed by atoms with van der Waals surface area (Å²) in [5.74, 6) is 0.836. The van der Waals surface area contributed by atoms with Crippen molar-refractivity contribution < 1.29 is 0 Å². The van der Waals surface area contributed by atoms with Gasteiger partial charge in [-0.05, 0) is 52.7 Å². The van der Waals surface area contributed by atoms with E-state index in [-0.39, 0.29) is 0 Å². The second kappa shape index (κ2) is 6.94. The van der Waals surface area contributed by atoms with Crippen LogP contribution in [-0.2, 0) is 0 Å². The first-order valence-corrected chi connectivity index (χ1v) is 10.7. The lowest BCUT2D eigenvalue weighted by Crippen LogP contribution is -1.90. The molecule has 0 fully saturated rings. The van der Waals surface area contributed by atoms with Crippen molar-refractivity contribution in [3.8, 4) is 0 Å². The van der Waals surface area contributed by atoms with Crippen LogP contribution in [0.1, 0.15) is 16.4 Å². The third kappa shape index (κ3) is 2.98. The van der Waals surface area contributed by atoms with Crippen LogP contribution < -0.4 is 0 Å². The molecule has 30 heavy (non-hydrogen) atoms. The highest BCUT2D eigenvalue weighted by Crippen LogP contribution is 2.32. The Kier molecular flexibility index (Phi) is 3.96. The van der Waals surface area contributed by atoms with Crippen molar-refractivity contribution in [1.29, 1.82) is 0 Å². The Labute approximate surface area is 177 Å². The first-order valence-electron chi connectivity index (χ1n) is 9.85. The lowest BCUT2D eigenvalue weighted by molar-refractivity contribution is 1.25. The maximum atomic E-state index is 4.91. The quantitative estimate of drug-likeness (QED) is 0.349. The van der Waals surface area contributed by atoms with Gasteiger partial charge in [0.05, 0.1) is 26.8 Å². The van der Waals surface area contributed by atoms with Crippen molar-refractivity contribution in [3.63, 3.8) is 0 Å². The maximum absolute atomic E-state index is 4.91. The van der Waals surface area contributed by atoms with E-state index in [0.717, 1.165) is 38.5 Å². The molecule has 0 atom stereocenters. The van der Waals surface area contributed by atoms with Crippen LogP contribution in [0.25, 0.3) is 43.7 Å². The molecule has 0 unspecified atom stereocenters. The second-order valence-electron chi connectivity index (χ2n) is 7.25. The Balaban J connectivity index is 1.57. The zero-order valence-electron chi connectivity index (χ0n) is 16.0. The fourth-order valence-electron chi connectivity index (χ4n) is 3.76. The number of para-hydroxylation sites is 3. The van der Waals surface area contributed by atoms with E-state index in [9.17, 15) is 0 Å². The van der Waals surface area contributed by atoms with Crippen molar-refractivity contribution in [2.45, 2.75) is 0 Å². The van der Waals surface area contributed by atoms with Gasteiger partial charge in [-0.2, -0.15) is 0 Å². The largest absolute Gasteiger partial charge is 0.338 e. The summed E-state index contributed by atoms with van der Waals surface area (Å²) >= 11 is 1.69. The second-order valence-corrected chi connectivity index (χ2v) is 8.28. The minimum atomic E-state index is 0.836. The number of hydrogen-bond donors (Lipinski definition) is 1. The number of nitrogens with one attached hydrogen (secondary N) is 1. The van der Waals surface area contributed by atoms with Gasteiger partial charge in [-0.1, -0.05) is 60.7 Å². The predicted molar refractivity (Wildman–Crippen MR) is 127 cm³/mol. The van der Waals surface area contributed by atoms with Crippen LogP contribution in [0.15, 0.2) is 91.0 Å². The van der Waals surface area contributed by atoms with Gasteiger partial charge < -0.3 is 4.98 Å². The summed E-state index contributed by atoms with van der Waals surface area (Å²) in [7, 11) is 0. The Hall–Kier alpha value is -3.76. The van der Waals surface area contributed by atoms with Gasteiger partial charge in [0.2, 0.25) is 0 Å². The molecule has 4 heteroatoms. The van der Waals surface area contributed by atoms with Gasteiger partial charge >= 0.3 is 0 Å².